The van der Waals surface area contributed by atoms with Crippen LogP contribution in [0.4, 0.5) is 0 Å². The molecule has 0 aromatic carbocycles. The molecule has 17 heavy (non-hydrogen) atoms. The Balaban J connectivity index is 1.65. The maximum Gasteiger partial charge on any atom is 0.0852 e. The van der Waals surface area contributed by atoms with Gasteiger partial charge in [-0.3, -0.25) is 4.90 Å². The van der Waals surface area contributed by atoms with Gasteiger partial charge in [0, 0.05) is 31.7 Å². The topological polar surface area (TPSA) is 33.7 Å². The standard InChI is InChI=1S/C13H24N2O2/c1-10(13-9-14-5-7-16-13)15-6-8-17-12-4-2-3-11(12)15/h10-14H,2-9H2,1H3. The fraction of sp³-hybridized carbons (Fsp3) is 1.00. The third-order valence-corrected chi connectivity index (χ3v) is 4.54. The minimum absolute atomic E-state index is 0.350. The van der Waals surface area contributed by atoms with E-state index in [4.69, 9.17) is 9.47 Å². The van der Waals surface area contributed by atoms with Crippen molar-refractivity contribution in [1.29, 1.82) is 0 Å². The van der Waals surface area contributed by atoms with Gasteiger partial charge in [0.15, 0.2) is 0 Å². The van der Waals surface area contributed by atoms with Crippen LogP contribution < -0.4 is 5.32 Å². The molecule has 98 valence electrons. The second kappa shape index (κ2) is 5.22. The van der Waals surface area contributed by atoms with Gasteiger partial charge in [0.2, 0.25) is 0 Å². The van der Waals surface area contributed by atoms with E-state index in [1.54, 1.807) is 0 Å². The van der Waals surface area contributed by atoms with Gasteiger partial charge in [-0.1, -0.05) is 0 Å². The highest BCUT2D eigenvalue weighted by Crippen LogP contribution is 2.31. The van der Waals surface area contributed by atoms with Crippen LogP contribution in [-0.4, -0.2) is 62.0 Å². The van der Waals surface area contributed by atoms with Gasteiger partial charge >= 0.3 is 0 Å². The maximum atomic E-state index is 5.90. The van der Waals surface area contributed by atoms with Crippen LogP contribution in [0.15, 0.2) is 0 Å². The molecule has 0 bridgehead atoms. The molecule has 2 aliphatic heterocycles. The summed E-state index contributed by atoms with van der Waals surface area (Å²) < 4.78 is 11.8. The molecule has 0 aromatic rings. The molecule has 1 saturated carbocycles. The average molecular weight is 240 g/mol. The first-order valence-corrected chi connectivity index (χ1v) is 7.06. The van der Waals surface area contributed by atoms with E-state index in [0.29, 0.717) is 24.3 Å². The van der Waals surface area contributed by atoms with Gasteiger partial charge in [0.05, 0.1) is 25.4 Å². The molecule has 4 heteroatoms. The van der Waals surface area contributed by atoms with Gasteiger partial charge in [0.25, 0.3) is 0 Å². The van der Waals surface area contributed by atoms with Gasteiger partial charge in [-0.2, -0.15) is 0 Å². The molecule has 3 rings (SSSR count). The molecule has 2 heterocycles. The predicted molar refractivity (Wildman–Crippen MR) is 66.2 cm³/mol. The highest BCUT2D eigenvalue weighted by atomic mass is 16.5. The van der Waals surface area contributed by atoms with Crippen LogP contribution in [0.2, 0.25) is 0 Å². The predicted octanol–water partition coefficient (Wildman–Crippen LogP) is 0.617. The second-order valence-electron chi connectivity index (χ2n) is 5.50. The third kappa shape index (κ3) is 2.36. The first-order valence-electron chi connectivity index (χ1n) is 7.06. The number of morpholine rings is 2. The van der Waals surface area contributed by atoms with Crippen LogP contribution in [0.1, 0.15) is 26.2 Å². The zero-order valence-electron chi connectivity index (χ0n) is 10.7. The van der Waals surface area contributed by atoms with Gasteiger partial charge in [-0.25, -0.2) is 0 Å². The molecular weight excluding hydrogens is 216 g/mol. The van der Waals surface area contributed by atoms with E-state index in [1.165, 1.54) is 19.3 Å². The quantitative estimate of drug-likeness (QED) is 0.767. The zero-order chi connectivity index (χ0) is 11.7. The van der Waals surface area contributed by atoms with E-state index in [2.05, 4.69) is 17.1 Å². The summed E-state index contributed by atoms with van der Waals surface area (Å²) in [6.45, 7) is 7.13. The summed E-state index contributed by atoms with van der Waals surface area (Å²) in [4.78, 5) is 2.64. The number of rotatable bonds is 2. The summed E-state index contributed by atoms with van der Waals surface area (Å²) in [7, 11) is 0. The zero-order valence-corrected chi connectivity index (χ0v) is 10.7. The van der Waals surface area contributed by atoms with E-state index in [9.17, 15) is 0 Å². The summed E-state index contributed by atoms with van der Waals surface area (Å²) in [6, 6.07) is 1.15. The molecule has 2 saturated heterocycles. The van der Waals surface area contributed by atoms with Crippen molar-refractivity contribution >= 4 is 0 Å². The molecule has 0 spiro atoms. The fourth-order valence-electron chi connectivity index (χ4n) is 3.57. The Morgan fingerprint density at radius 3 is 3.00 bits per heavy atom. The SMILES string of the molecule is CC(C1CNCCO1)N1CCOC2CCCC21. The second-order valence-corrected chi connectivity index (χ2v) is 5.50. The van der Waals surface area contributed by atoms with Gasteiger partial charge in [-0.15, -0.1) is 0 Å². The Morgan fingerprint density at radius 1 is 1.24 bits per heavy atom. The van der Waals surface area contributed by atoms with Crippen LogP contribution in [0.25, 0.3) is 0 Å². The summed E-state index contributed by atoms with van der Waals surface area (Å²) in [5, 5.41) is 3.43. The summed E-state index contributed by atoms with van der Waals surface area (Å²) in [5.74, 6) is 0. The lowest BCUT2D eigenvalue weighted by Crippen LogP contribution is -2.58. The van der Waals surface area contributed by atoms with E-state index in [-0.39, 0.29) is 0 Å². The lowest BCUT2D eigenvalue weighted by atomic mass is 10.0. The summed E-state index contributed by atoms with van der Waals surface area (Å²) >= 11 is 0. The van der Waals surface area contributed by atoms with Crippen LogP contribution >= 0.6 is 0 Å². The van der Waals surface area contributed by atoms with Crippen molar-refractivity contribution in [2.75, 3.05) is 32.8 Å². The molecule has 0 radical (unpaired) electrons. The molecule has 3 aliphatic rings. The molecule has 4 unspecified atom stereocenters. The number of ether oxygens (including phenoxy) is 2. The summed E-state index contributed by atoms with van der Waals surface area (Å²) in [6.07, 6.45) is 4.71. The van der Waals surface area contributed by atoms with Crippen molar-refractivity contribution in [3.05, 3.63) is 0 Å². The van der Waals surface area contributed by atoms with Crippen LogP contribution in [0.3, 0.4) is 0 Å². The largest absolute Gasteiger partial charge is 0.375 e. The third-order valence-electron chi connectivity index (χ3n) is 4.54. The minimum Gasteiger partial charge on any atom is -0.375 e. The van der Waals surface area contributed by atoms with Crippen molar-refractivity contribution in [2.24, 2.45) is 0 Å². The average Bonchev–Trinajstić information content (AvgIpc) is 2.87. The van der Waals surface area contributed by atoms with Gasteiger partial charge in [0.1, 0.15) is 0 Å². The Morgan fingerprint density at radius 2 is 2.18 bits per heavy atom. The van der Waals surface area contributed by atoms with Crippen LogP contribution in [0.5, 0.6) is 0 Å². The van der Waals surface area contributed by atoms with Crippen molar-refractivity contribution in [2.45, 2.75) is 50.5 Å². The molecule has 4 nitrogen and oxygen atoms in total. The van der Waals surface area contributed by atoms with Crippen molar-refractivity contribution in [1.82, 2.24) is 10.2 Å². The molecule has 1 N–H and O–H groups in total. The van der Waals surface area contributed by atoms with Crippen molar-refractivity contribution in [3.63, 3.8) is 0 Å². The Kier molecular flexibility index (Phi) is 3.66. The molecule has 3 fully saturated rings. The lowest BCUT2D eigenvalue weighted by molar-refractivity contribution is -0.103. The fourth-order valence-corrected chi connectivity index (χ4v) is 3.57. The van der Waals surface area contributed by atoms with Crippen LogP contribution in [0, 0.1) is 0 Å². The number of hydrogen-bond acceptors (Lipinski definition) is 4. The van der Waals surface area contributed by atoms with Crippen molar-refractivity contribution < 1.29 is 9.47 Å². The van der Waals surface area contributed by atoms with Gasteiger partial charge in [-0.05, 0) is 26.2 Å². The van der Waals surface area contributed by atoms with E-state index in [1.807, 2.05) is 0 Å². The number of nitrogens with one attached hydrogen (secondary N) is 1. The highest BCUT2D eigenvalue weighted by Gasteiger charge is 2.40. The highest BCUT2D eigenvalue weighted by molar-refractivity contribution is 4.94. The smallest absolute Gasteiger partial charge is 0.0852 e. The van der Waals surface area contributed by atoms with E-state index < -0.39 is 0 Å². The molecule has 0 amide bonds. The Bertz CT molecular complexity index is 256. The number of hydrogen-bond donors (Lipinski definition) is 1. The monoisotopic (exact) mass is 240 g/mol. The molecule has 0 aromatic heterocycles. The van der Waals surface area contributed by atoms with Crippen molar-refractivity contribution in [3.8, 4) is 0 Å². The first-order chi connectivity index (χ1) is 8.36. The Hall–Kier alpha value is -0.160. The van der Waals surface area contributed by atoms with E-state index >= 15 is 0 Å². The number of fused-ring (bicyclic) bond motifs is 1. The number of nitrogens with zero attached hydrogens (tertiary/aromatic N) is 1. The molecule has 1 aliphatic carbocycles. The normalized spacial score (nSPS) is 41.1. The summed E-state index contributed by atoms with van der Waals surface area (Å²) in [5.41, 5.74) is 0. The minimum atomic E-state index is 0.350. The Labute approximate surface area is 104 Å². The molecule has 4 atom stereocenters. The first kappa shape index (κ1) is 11.9. The maximum absolute atomic E-state index is 5.90. The van der Waals surface area contributed by atoms with Crippen LogP contribution in [-0.2, 0) is 9.47 Å². The van der Waals surface area contributed by atoms with Gasteiger partial charge < -0.3 is 14.8 Å². The van der Waals surface area contributed by atoms with E-state index in [0.717, 1.165) is 32.8 Å². The molecular formula is C13H24N2O2. The lowest BCUT2D eigenvalue weighted by Gasteiger charge is -2.44.